The van der Waals surface area contributed by atoms with Crippen LogP contribution in [-0.4, -0.2) is 31.5 Å². The lowest BCUT2D eigenvalue weighted by molar-refractivity contribution is 0.105. The largest absolute Gasteiger partial charge is 0.447 e. The Morgan fingerprint density at radius 3 is 2.93 bits per heavy atom. The molecule has 1 fully saturated rings. The minimum absolute atomic E-state index is 0.00450. The number of rotatable bonds is 7. The Labute approximate surface area is 91.3 Å². The third kappa shape index (κ3) is 6.33. The summed E-state index contributed by atoms with van der Waals surface area (Å²) >= 11 is 0. The zero-order valence-corrected chi connectivity index (χ0v) is 9.62. The second-order valence-electron chi connectivity index (χ2n) is 4.00. The van der Waals surface area contributed by atoms with Crippen LogP contribution < -0.4 is 5.32 Å². The van der Waals surface area contributed by atoms with Crippen molar-refractivity contribution in [1.82, 2.24) is 5.32 Å². The van der Waals surface area contributed by atoms with Crippen molar-refractivity contribution in [3.8, 4) is 0 Å². The molecule has 1 aliphatic rings. The van der Waals surface area contributed by atoms with E-state index in [0.717, 1.165) is 32.3 Å². The van der Waals surface area contributed by atoms with Crippen LogP contribution in [0.1, 0.15) is 39.5 Å². The average Bonchev–Trinajstić information content (AvgIpc) is 3.01. The maximum absolute atomic E-state index is 11.2. The monoisotopic (exact) mass is 215 g/mol. The van der Waals surface area contributed by atoms with Crippen LogP contribution in [0, 0.1) is 0 Å². The smallest absolute Gasteiger partial charge is 0.407 e. The Balaban J connectivity index is 1.87. The summed E-state index contributed by atoms with van der Waals surface area (Å²) in [6, 6.07) is 0. The third-order valence-corrected chi connectivity index (χ3v) is 2.51. The molecule has 88 valence electrons. The molecule has 1 rings (SSSR count). The number of unbranched alkanes of at least 4 members (excludes halogenated alkanes) is 1. The maximum Gasteiger partial charge on any atom is 0.407 e. The average molecular weight is 215 g/mol. The molecule has 2 atom stereocenters. The lowest BCUT2D eigenvalue weighted by Gasteiger charge is -2.11. The molecule has 4 heteroatoms. The number of ether oxygens (including phenoxy) is 2. The SMILES string of the molecule is CCC(C)OC(=O)NCCCCC1CO1. The van der Waals surface area contributed by atoms with Crippen molar-refractivity contribution < 1.29 is 14.3 Å². The highest BCUT2D eigenvalue weighted by atomic mass is 16.6. The number of carbonyl (C=O) groups is 1. The molecule has 1 amide bonds. The number of hydrogen-bond acceptors (Lipinski definition) is 3. The van der Waals surface area contributed by atoms with E-state index in [4.69, 9.17) is 9.47 Å². The second-order valence-corrected chi connectivity index (χ2v) is 4.00. The van der Waals surface area contributed by atoms with Crippen LogP contribution in [0.5, 0.6) is 0 Å². The van der Waals surface area contributed by atoms with Gasteiger partial charge in [0.2, 0.25) is 0 Å². The Morgan fingerprint density at radius 1 is 1.60 bits per heavy atom. The lowest BCUT2D eigenvalue weighted by Crippen LogP contribution is -2.28. The van der Waals surface area contributed by atoms with Crippen molar-refractivity contribution in [2.45, 2.75) is 51.7 Å². The highest BCUT2D eigenvalue weighted by molar-refractivity contribution is 5.67. The summed E-state index contributed by atoms with van der Waals surface area (Å²) in [5, 5.41) is 2.74. The van der Waals surface area contributed by atoms with Crippen LogP contribution in [-0.2, 0) is 9.47 Å². The van der Waals surface area contributed by atoms with Gasteiger partial charge in [0.1, 0.15) is 6.10 Å². The van der Waals surface area contributed by atoms with Crippen LogP contribution in [0.4, 0.5) is 4.79 Å². The fourth-order valence-corrected chi connectivity index (χ4v) is 1.23. The van der Waals surface area contributed by atoms with Gasteiger partial charge >= 0.3 is 6.09 Å². The summed E-state index contributed by atoms with van der Waals surface area (Å²) in [4.78, 5) is 11.2. The Kier molecular flexibility index (Phi) is 5.47. The molecule has 15 heavy (non-hydrogen) atoms. The Hall–Kier alpha value is -0.770. The highest BCUT2D eigenvalue weighted by Crippen LogP contribution is 2.15. The van der Waals surface area contributed by atoms with Gasteiger partial charge in [0.25, 0.3) is 0 Å². The minimum atomic E-state index is -0.299. The molecule has 1 aliphatic heterocycles. The number of amides is 1. The van der Waals surface area contributed by atoms with Crippen molar-refractivity contribution in [2.24, 2.45) is 0 Å². The van der Waals surface area contributed by atoms with Crippen LogP contribution in [0.25, 0.3) is 0 Å². The van der Waals surface area contributed by atoms with Gasteiger partial charge < -0.3 is 14.8 Å². The summed E-state index contributed by atoms with van der Waals surface area (Å²) in [5.74, 6) is 0. The molecule has 2 unspecified atom stereocenters. The van der Waals surface area contributed by atoms with Gasteiger partial charge in [-0.3, -0.25) is 0 Å². The summed E-state index contributed by atoms with van der Waals surface area (Å²) in [7, 11) is 0. The molecular formula is C11H21NO3. The zero-order valence-electron chi connectivity index (χ0n) is 9.62. The molecule has 0 spiro atoms. The van der Waals surface area contributed by atoms with Crippen molar-refractivity contribution in [1.29, 1.82) is 0 Å². The molecule has 0 aromatic carbocycles. The zero-order chi connectivity index (χ0) is 11.1. The Bertz CT molecular complexity index is 192. The molecule has 0 aromatic heterocycles. The van der Waals surface area contributed by atoms with Crippen molar-refractivity contribution >= 4 is 6.09 Å². The van der Waals surface area contributed by atoms with Crippen molar-refractivity contribution in [3.63, 3.8) is 0 Å². The molecule has 4 nitrogen and oxygen atoms in total. The summed E-state index contributed by atoms with van der Waals surface area (Å²) in [5.41, 5.74) is 0. The fraction of sp³-hybridized carbons (Fsp3) is 0.909. The summed E-state index contributed by atoms with van der Waals surface area (Å²) in [6.45, 7) is 5.50. The third-order valence-electron chi connectivity index (χ3n) is 2.51. The lowest BCUT2D eigenvalue weighted by atomic mass is 10.2. The van der Waals surface area contributed by atoms with E-state index in [-0.39, 0.29) is 12.2 Å². The molecule has 0 bridgehead atoms. The molecule has 0 saturated carbocycles. The molecule has 0 aliphatic carbocycles. The fourth-order valence-electron chi connectivity index (χ4n) is 1.23. The van der Waals surface area contributed by atoms with Crippen molar-refractivity contribution in [2.75, 3.05) is 13.2 Å². The first-order valence-electron chi connectivity index (χ1n) is 5.78. The number of carbonyl (C=O) groups excluding carboxylic acids is 1. The van der Waals surface area contributed by atoms with Gasteiger partial charge in [-0.25, -0.2) is 4.79 Å². The van der Waals surface area contributed by atoms with Crippen LogP contribution in [0.15, 0.2) is 0 Å². The molecule has 0 radical (unpaired) electrons. The first-order chi connectivity index (χ1) is 7.22. The normalized spacial score (nSPS) is 20.8. The van der Waals surface area contributed by atoms with Crippen LogP contribution in [0.2, 0.25) is 0 Å². The molecule has 1 N–H and O–H groups in total. The molecule has 0 aromatic rings. The summed E-state index contributed by atoms with van der Waals surface area (Å²) < 4.78 is 10.2. The first kappa shape index (κ1) is 12.3. The van der Waals surface area contributed by atoms with Gasteiger partial charge in [0.15, 0.2) is 0 Å². The predicted octanol–water partition coefficient (Wildman–Crippen LogP) is 2.08. The van der Waals surface area contributed by atoms with E-state index in [2.05, 4.69) is 5.32 Å². The topological polar surface area (TPSA) is 50.9 Å². The van der Waals surface area contributed by atoms with Gasteiger partial charge in [-0.05, 0) is 32.6 Å². The number of alkyl carbamates (subject to hydrolysis) is 1. The second kappa shape index (κ2) is 6.67. The maximum atomic E-state index is 11.2. The van der Waals surface area contributed by atoms with Gasteiger partial charge in [-0.2, -0.15) is 0 Å². The van der Waals surface area contributed by atoms with Gasteiger partial charge in [-0.1, -0.05) is 6.92 Å². The van der Waals surface area contributed by atoms with Crippen molar-refractivity contribution in [3.05, 3.63) is 0 Å². The van der Waals surface area contributed by atoms with E-state index in [1.54, 1.807) is 0 Å². The predicted molar refractivity (Wildman–Crippen MR) is 57.8 cm³/mol. The van der Waals surface area contributed by atoms with E-state index < -0.39 is 0 Å². The minimum Gasteiger partial charge on any atom is -0.447 e. The van der Waals surface area contributed by atoms with E-state index >= 15 is 0 Å². The number of epoxide rings is 1. The van der Waals surface area contributed by atoms with E-state index in [0.29, 0.717) is 12.6 Å². The molecule has 1 heterocycles. The molecule has 1 saturated heterocycles. The summed E-state index contributed by atoms with van der Waals surface area (Å²) in [6.07, 6.45) is 4.27. The van der Waals surface area contributed by atoms with Gasteiger partial charge in [0, 0.05) is 6.54 Å². The van der Waals surface area contributed by atoms with E-state index in [1.807, 2.05) is 13.8 Å². The van der Waals surface area contributed by atoms with Gasteiger partial charge in [0.05, 0.1) is 12.7 Å². The Morgan fingerprint density at radius 2 is 2.33 bits per heavy atom. The number of hydrogen-bond donors (Lipinski definition) is 1. The highest BCUT2D eigenvalue weighted by Gasteiger charge is 2.20. The van der Waals surface area contributed by atoms with E-state index in [9.17, 15) is 4.79 Å². The van der Waals surface area contributed by atoms with Crippen LogP contribution in [0.3, 0.4) is 0 Å². The quantitative estimate of drug-likeness (QED) is 0.522. The van der Waals surface area contributed by atoms with Gasteiger partial charge in [-0.15, -0.1) is 0 Å². The van der Waals surface area contributed by atoms with Crippen LogP contribution >= 0.6 is 0 Å². The van der Waals surface area contributed by atoms with E-state index in [1.165, 1.54) is 0 Å². The molecular weight excluding hydrogens is 194 g/mol. The standard InChI is InChI=1S/C11H21NO3/c1-3-9(2)15-11(13)12-7-5-4-6-10-8-14-10/h9-10H,3-8H2,1-2H3,(H,12,13). The number of nitrogens with one attached hydrogen (secondary N) is 1. The first-order valence-corrected chi connectivity index (χ1v) is 5.78.